The maximum Gasteiger partial charge on any atom is 0.0626 e. The van der Waals surface area contributed by atoms with Crippen LogP contribution in [0.2, 0.25) is 0 Å². The van der Waals surface area contributed by atoms with Gasteiger partial charge in [0.05, 0.1) is 1.37 Å². The first kappa shape index (κ1) is 9.50. The van der Waals surface area contributed by atoms with Crippen molar-refractivity contribution in [2.24, 2.45) is 5.73 Å². The zero-order valence-corrected chi connectivity index (χ0v) is 8.84. The minimum Gasteiger partial charge on any atom is -0.324 e. The Bertz CT molecular complexity index is 468. The lowest BCUT2D eigenvalue weighted by molar-refractivity contribution is 0.827. The van der Waals surface area contributed by atoms with Crippen LogP contribution in [0.5, 0.6) is 0 Å². The second-order valence-corrected chi connectivity index (χ2v) is 3.27. The molecule has 2 N–H and O–H groups in total. The largest absolute Gasteiger partial charge is 0.324 e. The summed E-state index contributed by atoms with van der Waals surface area (Å²) in [6, 6.07) is 12.2. The van der Waals surface area contributed by atoms with Crippen molar-refractivity contribution in [2.45, 2.75) is 13.0 Å². The molecule has 2 aromatic rings. The van der Waals surface area contributed by atoms with E-state index in [0.29, 0.717) is 6.04 Å². The first-order valence-electron chi connectivity index (χ1n) is 4.94. The Morgan fingerprint density at radius 1 is 1.21 bits per heavy atom. The zero-order chi connectivity index (χ0) is 10.1. The van der Waals surface area contributed by atoms with E-state index in [-0.39, 0.29) is 18.4 Å². The van der Waals surface area contributed by atoms with Gasteiger partial charge >= 0.3 is 0 Å². The third-order valence-electron chi connectivity index (χ3n) is 2.21. The number of hydrogen-bond acceptors (Lipinski definition) is 1. The standard InChI is InChI=1S/C12H13N.ClH/c1-9(13)11-8-4-6-10-5-2-3-7-12(10)11;/h2-9H,13H2,1H3;1H/t9-;/m1./s1/i8D;. The SMILES string of the molecule is Cl.[2H]c1ccc2ccccc2c1[C@@H](C)N. The van der Waals surface area contributed by atoms with Crippen LogP contribution in [-0.2, 0) is 0 Å². The summed E-state index contributed by atoms with van der Waals surface area (Å²) in [5.74, 6) is 0. The molecule has 0 aliphatic heterocycles. The van der Waals surface area contributed by atoms with Gasteiger partial charge in [-0.25, -0.2) is 0 Å². The first-order valence-corrected chi connectivity index (χ1v) is 4.44. The Hall–Kier alpha value is -1.05. The van der Waals surface area contributed by atoms with E-state index in [0.717, 1.165) is 16.3 Å². The second kappa shape index (κ2) is 4.45. The Morgan fingerprint density at radius 2 is 1.86 bits per heavy atom. The van der Waals surface area contributed by atoms with Gasteiger partial charge in [0.15, 0.2) is 0 Å². The number of rotatable bonds is 1. The van der Waals surface area contributed by atoms with E-state index in [1.165, 1.54) is 0 Å². The molecule has 0 radical (unpaired) electrons. The van der Waals surface area contributed by atoms with Crippen molar-refractivity contribution < 1.29 is 1.37 Å². The van der Waals surface area contributed by atoms with E-state index in [1.807, 2.05) is 37.3 Å². The van der Waals surface area contributed by atoms with E-state index >= 15 is 0 Å². The van der Waals surface area contributed by atoms with Gasteiger partial charge in [0, 0.05) is 6.04 Å². The highest BCUT2D eigenvalue weighted by Crippen LogP contribution is 2.22. The highest BCUT2D eigenvalue weighted by Gasteiger charge is 2.02. The van der Waals surface area contributed by atoms with Crippen molar-refractivity contribution in [2.75, 3.05) is 0 Å². The highest BCUT2D eigenvalue weighted by molar-refractivity contribution is 5.86. The fourth-order valence-electron chi connectivity index (χ4n) is 1.56. The van der Waals surface area contributed by atoms with Crippen LogP contribution in [0, 0.1) is 0 Å². The summed E-state index contributed by atoms with van der Waals surface area (Å²) in [4.78, 5) is 0. The normalized spacial score (nSPS) is 13.1. The molecule has 2 heteroatoms. The molecule has 0 aliphatic carbocycles. The van der Waals surface area contributed by atoms with Crippen molar-refractivity contribution in [1.82, 2.24) is 0 Å². The van der Waals surface area contributed by atoms with Gasteiger partial charge in [0.1, 0.15) is 0 Å². The fraction of sp³-hybridized carbons (Fsp3) is 0.167. The molecule has 0 unspecified atom stereocenters. The predicted octanol–water partition coefficient (Wildman–Crippen LogP) is 3.28. The van der Waals surface area contributed by atoms with E-state index in [1.54, 1.807) is 6.07 Å². The average molecular weight is 209 g/mol. The fourth-order valence-corrected chi connectivity index (χ4v) is 1.56. The molecule has 2 aromatic carbocycles. The molecule has 0 spiro atoms. The van der Waals surface area contributed by atoms with Crippen molar-refractivity contribution in [3.63, 3.8) is 0 Å². The van der Waals surface area contributed by atoms with Crippen LogP contribution in [0.1, 0.15) is 19.9 Å². The molecule has 0 aliphatic rings. The molecule has 1 atom stereocenters. The third kappa shape index (κ3) is 1.89. The van der Waals surface area contributed by atoms with Crippen LogP contribution < -0.4 is 5.73 Å². The second-order valence-electron chi connectivity index (χ2n) is 3.27. The molecule has 0 saturated heterocycles. The quantitative estimate of drug-likeness (QED) is 0.765. The smallest absolute Gasteiger partial charge is 0.0626 e. The molecule has 0 amide bonds. The monoisotopic (exact) mass is 208 g/mol. The van der Waals surface area contributed by atoms with Crippen LogP contribution >= 0.6 is 12.4 Å². The molecule has 2 rings (SSSR count). The molecule has 0 aromatic heterocycles. The summed E-state index contributed by atoms with van der Waals surface area (Å²) in [5, 5.41) is 2.24. The van der Waals surface area contributed by atoms with Gasteiger partial charge in [0.2, 0.25) is 0 Å². The number of halogens is 1. The Morgan fingerprint density at radius 3 is 2.57 bits per heavy atom. The van der Waals surface area contributed by atoms with Crippen LogP contribution in [0.3, 0.4) is 0 Å². The lowest BCUT2D eigenvalue weighted by atomic mass is 10.0. The van der Waals surface area contributed by atoms with Gasteiger partial charge in [-0.2, -0.15) is 0 Å². The van der Waals surface area contributed by atoms with Crippen LogP contribution in [0.15, 0.2) is 42.4 Å². The Kier molecular flexibility index (Phi) is 3.02. The van der Waals surface area contributed by atoms with E-state index in [2.05, 4.69) is 0 Å². The minimum absolute atomic E-state index is 0. The van der Waals surface area contributed by atoms with Gasteiger partial charge in [-0.3, -0.25) is 0 Å². The lowest BCUT2D eigenvalue weighted by Gasteiger charge is -2.09. The van der Waals surface area contributed by atoms with Gasteiger partial charge in [0.25, 0.3) is 0 Å². The van der Waals surface area contributed by atoms with Gasteiger partial charge < -0.3 is 5.73 Å². The number of fused-ring (bicyclic) bond motifs is 1. The summed E-state index contributed by atoms with van der Waals surface area (Å²) in [6.45, 7) is 1.92. The van der Waals surface area contributed by atoms with Crippen LogP contribution in [-0.4, -0.2) is 0 Å². The third-order valence-corrected chi connectivity index (χ3v) is 2.21. The summed E-state index contributed by atoms with van der Waals surface area (Å²) in [6.07, 6.45) is 0. The summed E-state index contributed by atoms with van der Waals surface area (Å²) in [5.41, 5.74) is 6.79. The molecule has 0 saturated carbocycles. The molecular formula is C12H14ClN. The van der Waals surface area contributed by atoms with Crippen molar-refractivity contribution in [1.29, 1.82) is 0 Å². The molecular weight excluding hydrogens is 194 g/mol. The number of nitrogens with two attached hydrogens (primary N) is 1. The molecule has 0 bridgehead atoms. The van der Waals surface area contributed by atoms with Gasteiger partial charge in [-0.05, 0) is 23.3 Å². The Balaban J connectivity index is 0.00000112. The maximum atomic E-state index is 7.80. The molecule has 14 heavy (non-hydrogen) atoms. The topological polar surface area (TPSA) is 26.0 Å². The molecule has 74 valence electrons. The summed E-state index contributed by atoms with van der Waals surface area (Å²) >= 11 is 0. The van der Waals surface area contributed by atoms with Crippen LogP contribution in [0.4, 0.5) is 0 Å². The van der Waals surface area contributed by atoms with Gasteiger partial charge in [-0.1, -0.05) is 42.4 Å². The molecule has 0 heterocycles. The maximum absolute atomic E-state index is 7.80. The predicted molar refractivity (Wildman–Crippen MR) is 63.8 cm³/mol. The van der Waals surface area contributed by atoms with E-state index in [9.17, 15) is 0 Å². The van der Waals surface area contributed by atoms with E-state index < -0.39 is 0 Å². The highest BCUT2D eigenvalue weighted by atomic mass is 35.5. The number of benzene rings is 2. The van der Waals surface area contributed by atoms with Crippen LogP contribution in [0.25, 0.3) is 10.8 Å². The van der Waals surface area contributed by atoms with E-state index in [4.69, 9.17) is 7.10 Å². The van der Waals surface area contributed by atoms with Gasteiger partial charge in [-0.15, -0.1) is 12.4 Å². The lowest BCUT2D eigenvalue weighted by Crippen LogP contribution is -2.05. The number of hydrogen-bond donors (Lipinski definition) is 1. The van der Waals surface area contributed by atoms with Crippen molar-refractivity contribution in [3.05, 3.63) is 48.0 Å². The van der Waals surface area contributed by atoms with Crippen molar-refractivity contribution in [3.8, 4) is 0 Å². The molecule has 1 nitrogen and oxygen atoms in total. The minimum atomic E-state index is -0.0893. The summed E-state index contributed by atoms with van der Waals surface area (Å²) < 4.78 is 7.80. The van der Waals surface area contributed by atoms with Crippen molar-refractivity contribution >= 4 is 23.2 Å². The molecule has 0 fully saturated rings. The average Bonchev–Trinajstić information content (AvgIpc) is 2.17. The Labute approximate surface area is 91.7 Å². The first-order chi connectivity index (χ1) is 6.70. The zero-order valence-electron chi connectivity index (χ0n) is 9.03. The summed E-state index contributed by atoms with van der Waals surface area (Å²) in [7, 11) is 0.